The second kappa shape index (κ2) is 15.0. The van der Waals surface area contributed by atoms with Crippen LogP contribution in [0.2, 0.25) is 0 Å². The molecule has 286 valence electrons. The summed E-state index contributed by atoms with van der Waals surface area (Å²) in [5.41, 5.74) is -0.859. The van der Waals surface area contributed by atoms with Gasteiger partial charge in [0, 0.05) is 30.2 Å². The summed E-state index contributed by atoms with van der Waals surface area (Å²) in [5, 5.41) is 4.93. The molecule has 1 aromatic heterocycles. The minimum atomic E-state index is -3.89. The van der Waals surface area contributed by atoms with Gasteiger partial charge in [0.25, 0.3) is 5.91 Å². The van der Waals surface area contributed by atoms with Crippen LogP contribution in [0.15, 0.2) is 55.3 Å². The summed E-state index contributed by atoms with van der Waals surface area (Å²) in [5.74, 6) is -1.36. The Kier molecular flexibility index (Phi) is 10.8. The van der Waals surface area contributed by atoms with Crippen molar-refractivity contribution < 1.29 is 41.8 Å². The van der Waals surface area contributed by atoms with Gasteiger partial charge in [0.2, 0.25) is 21.8 Å². The van der Waals surface area contributed by atoms with Crippen LogP contribution in [-0.2, 0) is 29.1 Å². The number of carbonyl (C=O) groups excluding carboxylic acids is 4. The highest BCUT2D eigenvalue weighted by atomic mass is 32.2. The number of nitrogens with one attached hydrogen (secondary N) is 3. The largest absolute Gasteiger partial charge is 0.497 e. The molecule has 2 heterocycles. The molecular formula is C38H49N5O9S. The Hall–Kier alpha value is -4.66. The number of alkyl carbamates (subject to hydrolysis) is 1. The van der Waals surface area contributed by atoms with E-state index in [1.54, 1.807) is 46.2 Å². The topological polar surface area (TPSA) is 182 Å². The minimum Gasteiger partial charge on any atom is -0.497 e. The van der Waals surface area contributed by atoms with Crippen LogP contribution in [0.25, 0.3) is 11.3 Å². The highest BCUT2D eigenvalue weighted by Crippen LogP contribution is 2.45. The zero-order chi connectivity index (χ0) is 38.1. The van der Waals surface area contributed by atoms with E-state index in [1.165, 1.54) is 11.0 Å². The number of hydrogen-bond donors (Lipinski definition) is 3. The first-order valence-corrected chi connectivity index (χ1v) is 19.7. The lowest BCUT2D eigenvalue weighted by molar-refractivity contribution is -0.143. The van der Waals surface area contributed by atoms with Crippen LogP contribution in [0.3, 0.4) is 0 Å². The molecule has 4 amide bonds. The van der Waals surface area contributed by atoms with Gasteiger partial charge < -0.3 is 29.7 Å². The van der Waals surface area contributed by atoms with Crippen molar-refractivity contribution in [1.29, 1.82) is 0 Å². The predicted molar refractivity (Wildman–Crippen MR) is 195 cm³/mol. The molecule has 3 N–H and O–H groups in total. The first kappa shape index (κ1) is 38.1. The second-order valence-electron chi connectivity index (χ2n) is 15.5. The fourth-order valence-corrected chi connectivity index (χ4v) is 8.48. The van der Waals surface area contributed by atoms with Crippen molar-refractivity contribution in [2.24, 2.45) is 11.3 Å². The van der Waals surface area contributed by atoms with Gasteiger partial charge >= 0.3 is 6.09 Å². The summed E-state index contributed by atoms with van der Waals surface area (Å²) in [4.78, 5) is 61.1. The molecule has 6 rings (SSSR count). The number of benzene rings is 1. The lowest BCUT2D eigenvalue weighted by atomic mass is 9.85. The number of likely N-dealkylation sites (tertiary alicyclic amines) is 1. The van der Waals surface area contributed by atoms with E-state index >= 15 is 0 Å². The van der Waals surface area contributed by atoms with Crippen LogP contribution >= 0.6 is 0 Å². The summed E-state index contributed by atoms with van der Waals surface area (Å²) in [6, 6.07) is 8.64. The van der Waals surface area contributed by atoms with Gasteiger partial charge in [-0.25, -0.2) is 13.2 Å². The maximum absolute atomic E-state index is 14.5. The van der Waals surface area contributed by atoms with Crippen LogP contribution in [0, 0.1) is 11.3 Å². The van der Waals surface area contributed by atoms with E-state index in [9.17, 15) is 27.6 Å². The Morgan fingerprint density at radius 3 is 2.32 bits per heavy atom. The zero-order valence-electron chi connectivity index (χ0n) is 30.6. The molecule has 1 aliphatic heterocycles. The number of sulfonamides is 1. The highest BCUT2D eigenvalue weighted by Gasteiger charge is 2.62. The van der Waals surface area contributed by atoms with Crippen LogP contribution < -0.4 is 24.8 Å². The van der Waals surface area contributed by atoms with E-state index in [0.29, 0.717) is 30.0 Å². The number of nitrogens with zero attached hydrogens (tertiary/aromatic N) is 2. The third-order valence-corrected chi connectivity index (χ3v) is 12.3. The molecule has 15 heteroatoms. The molecule has 0 radical (unpaired) electrons. The third-order valence-electron chi connectivity index (χ3n) is 10.5. The summed E-state index contributed by atoms with van der Waals surface area (Å²) < 4.78 is 44.8. The van der Waals surface area contributed by atoms with E-state index in [2.05, 4.69) is 26.9 Å². The number of methoxy groups -OCH3 is 1. The maximum atomic E-state index is 14.5. The smallest absolute Gasteiger partial charge is 0.408 e. The van der Waals surface area contributed by atoms with Crippen molar-refractivity contribution >= 4 is 33.8 Å². The first-order valence-electron chi connectivity index (χ1n) is 18.2. The number of carbonyl (C=O) groups is 4. The molecule has 3 saturated carbocycles. The molecule has 3 aliphatic carbocycles. The summed E-state index contributed by atoms with van der Waals surface area (Å²) in [6.45, 7) is 9.18. The van der Waals surface area contributed by atoms with Gasteiger partial charge in [0.15, 0.2) is 0 Å². The van der Waals surface area contributed by atoms with E-state index in [0.717, 1.165) is 31.2 Å². The monoisotopic (exact) mass is 751 g/mol. The van der Waals surface area contributed by atoms with E-state index in [-0.39, 0.29) is 25.5 Å². The number of rotatable bonds is 13. The van der Waals surface area contributed by atoms with Gasteiger partial charge in [0.1, 0.15) is 41.3 Å². The normalized spacial score (nSPS) is 24.8. The van der Waals surface area contributed by atoms with Crippen LogP contribution in [-0.4, -0.2) is 90.9 Å². The molecule has 5 unspecified atom stereocenters. The van der Waals surface area contributed by atoms with E-state index in [4.69, 9.17) is 14.2 Å². The average molecular weight is 752 g/mol. The molecule has 4 fully saturated rings. The number of pyridine rings is 1. The van der Waals surface area contributed by atoms with Crippen LogP contribution in [0.1, 0.15) is 72.1 Å². The van der Waals surface area contributed by atoms with Crippen LogP contribution in [0.5, 0.6) is 11.5 Å². The molecule has 2 aromatic rings. The third kappa shape index (κ3) is 8.61. The zero-order valence-corrected chi connectivity index (χ0v) is 31.4. The summed E-state index contributed by atoms with van der Waals surface area (Å²) in [7, 11) is -2.31. The van der Waals surface area contributed by atoms with Gasteiger partial charge in [-0.2, -0.15) is 0 Å². The van der Waals surface area contributed by atoms with E-state index < -0.39 is 74.1 Å². The Labute approximate surface area is 310 Å². The molecule has 0 spiro atoms. The average Bonchev–Trinajstić information content (AvgIpc) is 4.00. The molecule has 1 saturated heterocycles. The Morgan fingerprint density at radius 2 is 1.72 bits per heavy atom. The molecule has 5 atom stereocenters. The van der Waals surface area contributed by atoms with Crippen molar-refractivity contribution in [3.05, 3.63) is 55.3 Å². The molecule has 4 aliphatic rings. The first-order chi connectivity index (χ1) is 25.1. The van der Waals surface area contributed by atoms with Crippen molar-refractivity contribution in [2.45, 2.75) is 107 Å². The molecule has 0 bridgehead atoms. The van der Waals surface area contributed by atoms with Crippen LogP contribution in [0.4, 0.5) is 4.79 Å². The maximum Gasteiger partial charge on any atom is 0.408 e. The van der Waals surface area contributed by atoms with Gasteiger partial charge in [-0.15, -0.1) is 6.58 Å². The number of hydrogen-bond acceptors (Lipinski definition) is 10. The van der Waals surface area contributed by atoms with Gasteiger partial charge in [-0.1, -0.05) is 26.8 Å². The van der Waals surface area contributed by atoms with E-state index in [1.807, 2.05) is 24.3 Å². The highest BCUT2D eigenvalue weighted by molar-refractivity contribution is 7.91. The predicted octanol–water partition coefficient (Wildman–Crippen LogP) is 3.86. The van der Waals surface area contributed by atoms with Crippen molar-refractivity contribution in [3.8, 4) is 22.8 Å². The lowest BCUT2D eigenvalue weighted by Crippen LogP contribution is -2.60. The van der Waals surface area contributed by atoms with Gasteiger partial charge in [-0.05, 0) is 80.7 Å². The number of aromatic nitrogens is 1. The molecule has 14 nitrogen and oxygen atoms in total. The number of ether oxygens (including phenoxy) is 3. The Bertz CT molecular complexity index is 1840. The summed E-state index contributed by atoms with van der Waals surface area (Å²) >= 11 is 0. The Morgan fingerprint density at radius 1 is 1.02 bits per heavy atom. The van der Waals surface area contributed by atoms with Gasteiger partial charge in [0.05, 0.1) is 24.6 Å². The summed E-state index contributed by atoms with van der Waals surface area (Å²) in [6.07, 6.45) is 6.08. The van der Waals surface area contributed by atoms with Crippen molar-refractivity contribution in [1.82, 2.24) is 25.2 Å². The van der Waals surface area contributed by atoms with Gasteiger partial charge in [-0.3, -0.25) is 24.1 Å². The molecule has 1 aromatic carbocycles. The quantitative estimate of drug-likeness (QED) is 0.254. The lowest BCUT2D eigenvalue weighted by Gasteiger charge is -2.35. The fraction of sp³-hybridized carbons (Fsp3) is 0.553. The Balaban J connectivity index is 1.25. The van der Waals surface area contributed by atoms with Crippen molar-refractivity contribution in [3.63, 3.8) is 0 Å². The molecule has 53 heavy (non-hydrogen) atoms. The number of amides is 4. The SMILES string of the molecule is C=CC1CC1(NC(=O)C1CC(Oc2ccnc(-c3ccc(OC)cc3)c2)CN1C(=O)C(NC(=O)OC1CCCC1)C(C)(C)C)C(=O)NS(=O)(=O)C1CC1. The minimum absolute atomic E-state index is 0.0107. The molecular weight excluding hydrogens is 703 g/mol. The standard InChI is InChI=1S/C38H49N5O9S/c1-6-24-21-38(24,35(46)42-53(48,49)29-15-16-29)41-33(44)31-20-28(51-27-17-18-39-30(19-27)23-11-13-25(50-5)14-12-23)22-43(31)34(45)32(37(2,3)4)40-36(47)52-26-9-7-8-10-26/h6,11-14,17-19,24,26,28-29,31-32H,1,7-10,15-16,20-22H2,2-5H3,(H,40,47)(H,41,44)(H,42,46). The second-order valence-corrected chi connectivity index (χ2v) is 17.5. The van der Waals surface area contributed by atoms with Crippen molar-refractivity contribution in [2.75, 3.05) is 13.7 Å². The fourth-order valence-electron chi connectivity index (χ4n) is 7.11.